The highest BCUT2D eigenvalue weighted by molar-refractivity contribution is 5.79. The molecule has 0 aromatic heterocycles. The fourth-order valence-corrected chi connectivity index (χ4v) is 3.08. The van der Waals surface area contributed by atoms with Gasteiger partial charge >= 0.3 is 0 Å². The first-order valence-corrected chi connectivity index (χ1v) is 9.57. The van der Waals surface area contributed by atoms with Crippen molar-refractivity contribution >= 4 is 5.96 Å². The fourth-order valence-electron chi connectivity index (χ4n) is 3.08. The normalized spacial score (nSPS) is 19.2. The van der Waals surface area contributed by atoms with Gasteiger partial charge in [-0.25, -0.2) is 0 Å². The summed E-state index contributed by atoms with van der Waals surface area (Å²) in [6, 6.07) is 10.5. The number of ether oxygens (including phenoxy) is 1. The Balaban J connectivity index is 1.78. The molecule has 2 rings (SSSR count). The molecule has 0 saturated carbocycles. The molecule has 0 bridgehead atoms. The van der Waals surface area contributed by atoms with Crippen LogP contribution >= 0.6 is 0 Å². The second-order valence-corrected chi connectivity index (χ2v) is 7.03. The van der Waals surface area contributed by atoms with Crippen molar-refractivity contribution in [1.29, 1.82) is 0 Å². The van der Waals surface area contributed by atoms with Crippen LogP contribution in [0.1, 0.15) is 26.3 Å². The smallest absolute Gasteiger partial charge is 0.191 e. The van der Waals surface area contributed by atoms with Crippen LogP contribution in [0, 0.1) is 5.92 Å². The zero-order valence-corrected chi connectivity index (χ0v) is 16.0. The lowest BCUT2D eigenvalue weighted by Gasteiger charge is -2.33. The number of nitrogens with one attached hydrogen (secondary N) is 2. The van der Waals surface area contributed by atoms with E-state index < -0.39 is 0 Å². The van der Waals surface area contributed by atoms with E-state index in [-0.39, 0.29) is 6.10 Å². The molecule has 2 N–H and O–H groups in total. The minimum Gasteiger partial charge on any atom is -0.374 e. The lowest BCUT2D eigenvalue weighted by atomic mass is 10.1. The summed E-state index contributed by atoms with van der Waals surface area (Å²) in [5.74, 6) is 1.57. The topological polar surface area (TPSA) is 48.9 Å². The minimum atomic E-state index is 0.192. The van der Waals surface area contributed by atoms with Gasteiger partial charge in [-0.1, -0.05) is 44.2 Å². The van der Waals surface area contributed by atoms with Crippen molar-refractivity contribution in [2.24, 2.45) is 10.9 Å². The Morgan fingerprint density at radius 2 is 2.08 bits per heavy atom. The van der Waals surface area contributed by atoms with Crippen LogP contribution in [-0.2, 0) is 11.2 Å². The number of morpholine rings is 1. The third-order valence-corrected chi connectivity index (χ3v) is 4.19. The van der Waals surface area contributed by atoms with Gasteiger partial charge in [0.25, 0.3) is 0 Å². The molecule has 1 unspecified atom stereocenters. The second kappa shape index (κ2) is 11.1. The summed E-state index contributed by atoms with van der Waals surface area (Å²) in [7, 11) is 0. The van der Waals surface area contributed by atoms with Gasteiger partial charge in [-0.2, -0.15) is 0 Å². The van der Waals surface area contributed by atoms with Gasteiger partial charge in [0.05, 0.1) is 19.3 Å². The summed E-state index contributed by atoms with van der Waals surface area (Å²) in [5, 5.41) is 6.74. The van der Waals surface area contributed by atoms with Crippen LogP contribution in [0.2, 0.25) is 0 Å². The Kier molecular flexibility index (Phi) is 8.77. The van der Waals surface area contributed by atoms with E-state index in [1.165, 1.54) is 5.56 Å². The van der Waals surface area contributed by atoms with E-state index in [4.69, 9.17) is 9.73 Å². The van der Waals surface area contributed by atoms with E-state index >= 15 is 0 Å². The van der Waals surface area contributed by atoms with Crippen LogP contribution in [0.25, 0.3) is 0 Å². The average Bonchev–Trinajstić information content (AvgIpc) is 2.60. The number of aliphatic imine (C=N–C) groups is 1. The number of rotatable bonds is 8. The molecule has 0 amide bonds. The van der Waals surface area contributed by atoms with Gasteiger partial charge in [0.1, 0.15) is 0 Å². The van der Waals surface area contributed by atoms with Gasteiger partial charge in [0, 0.05) is 32.7 Å². The molecule has 140 valence electrons. The number of benzene rings is 1. The van der Waals surface area contributed by atoms with Crippen molar-refractivity contribution < 1.29 is 4.74 Å². The van der Waals surface area contributed by atoms with E-state index in [0.29, 0.717) is 12.5 Å². The van der Waals surface area contributed by atoms with Crippen LogP contribution < -0.4 is 10.6 Å². The first-order chi connectivity index (χ1) is 12.2. The summed E-state index contributed by atoms with van der Waals surface area (Å²) >= 11 is 0. The second-order valence-electron chi connectivity index (χ2n) is 7.03. The van der Waals surface area contributed by atoms with Gasteiger partial charge in [0.2, 0.25) is 0 Å². The number of nitrogens with zero attached hydrogens (tertiary/aromatic N) is 2. The molecule has 1 saturated heterocycles. The molecule has 1 atom stereocenters. The van der Waals surface area contributed by atoms with Crippen molar-refractivity contribution in [2.75, 3.05) is 45.9 Å². The molecule has 5 heteroatoms. The summed E-state index contributed by atoms with van der Waals surface area (Å²) in [6.07, 6.45) is 1.19. The predicted octanol–water partition coefficient (Wildman–Crippen LogP) is 2.14. The Morgan fingerprint density at radius 3 is 2.80 bits per heavy atom. The van der Waals surface area contributed by atoms with Crippen LogP contribution in [0.3, 0.4) is 0 Å². The van der Waals surface area contributed by atoms with Gasteiger partial charge in [-0.05, 0) is 24.8 Å². The molecule has 25 heavy (non-hydrogen) atoms. The van der Waals surface area contributed by atoms with Crippen molar-refractivity contribution in [2.45, 2.75) is 33.3 Å². The lowest BCUT2D eigenvalue weighted by Crippen LogP contribution is -2.46. The summed E-state index contributed by atoms with van der Waals surface area (Å²) in [5.41, 5.74) is 1.34. The standard InChI is InChI=1S/C20H34N4O/c1-4-21-20(22-11-10-18-8-6-5-7-9-18)23-14-19-16-24(12-13-25-19)15-17(2)3/h5-9,17,19H,4,10-16H2,1-3H3,(H2,21,22,23). The zero-order chi connectivity index (χ0) is 17.9. The van der Waals surface area contributed by atoms with Crippen LogP contribution in [0.15, 0.2) is 35.3 Å². The van der Waals surface area contributed by atoms with Gasteiger partial charge < -0.3 is 15.4 Å². The lowest BCUT2D eigenvalue weighted by molar-refractivity contribution is -0.0261. The quantitative estimate of drug-likeness (QED) is 0.559. The van der Waals surface area contributed by atoms with E-state index in [1.807, 2.05) is 0 Å². The molecule has 1 aliphatic heterocycles. The molecule has 1 aromatic rings. The highest BCUT2D eigenvalue weighted by Crippen LogP contribution is 2.08. The molecular weight excluding hydrogens is 312 g/mol. The maximum absolute atomic E-state index is 5.89. The van der Waals surface area contributed by atoms with Crippen molar-refractivity contribution in [3.8, 4) is 0 Å². The Labute approximate surface area is 152 Å². The van der Waals surface area contributed by atoms with Crippen molar-refractivity contribution in [3.63, 3.8) is 0 Å². The molecule has 1 fully saturated rings. The molecule has 0 radical (unpaired) electrons. The van der Waals surface area contributed by atoms with Crippen molar-refractivity contribution in [1.82, 2.24) is 15.5 Å². The van der Waals surface area contributed by atoms with Gasteiger partial charge in [-0.3, -0.25) is 9.89 Å². The summed E-state index contributed by atoms with van der Waals surface area (Å²) in [6.45, 7) is 13.0. The first kappa shape index (κ1) is 19.7. The Hall–Kier alpha value is -1.59. The third kappa shape index (κ3) is 7.88. The highest BCUT2D eigenvalue weighted by Gasteiger charge is 2.20. The molecular formula is C20H34N4O. The van der Waals surface area contributed by atoms with E-state index in [0.717, 1.165) is 51.7 Å². The van der Waals surface area contributed by atoms with Crippen LogP contribution in [-0.4, -0.2) is 62.8 Å². The molecule has 5 nitrogen and oxygen atoms in total. The maximum Gasteiger partial charge on any atom is 0.191 e. The van der Waals surface area contributed by atoms with Crippen LogP contribution in [0.5, 0.6) is 0 Å². The zero-order valence-electron chi connectivity index (χ0n) is 16.0. The molecule has 1 aliphatic rings. The highest BCUT2D eigenvalue weighted by atomic mass is 16.5. The van der Waals surface area contributed by atoms with Gasteiger partial charge in [0.15, 0.2) is 5.96 Å². The molecule has 0 spiro atoms. The molecule has 1 aromatic carbocycles. The third-order valence-electron chi connectivity index (χ3n) is 4.19. The Morgan fingerprint density at radius 1 is 1.28 bits per heavy atom. The maximum atomic E-state index is 5.89. The average molecular weight is 347 g/mol. The fraction of sp³-hybridized carbons (Fsp3) is 0.650. The Bertz CT molecular complexity index is 504. The largest absolute Gasteiger partial charge is 0.374 e. The monoisotopic (exact) mass is 346 g/mol. The van der Waals surface area contributed by atoms with E-state index in [1.54, 1.807) is 0 Å². The first-order valence-electron chi connectivity index (χ1n) is 9.57. The summed E-state index contributed by atoms with van der Waals surface area (Å²) < 4.78 is 5.89. The number of hydrogen-bond donors (Lipinski definition) is 2. The van der Waals surface area contributed by atoms with Gasteiger partial charge in [-0.15, -0.1) is 0 Å². The minimum absolute atomic E-state index is 0.192. The van der Waals surface area contributed by atoms with E-state index in [9.17, 15) is 0 Å². The van der Waals surface area contributed by atoms with E-state index in [2.05, 4.69) is 66.6 Å². The van der Waals surface area contributed by atoms with Crippen molar-refractivity contribution in [3.05, 3.63) is 35.9 Å². The molecule has 0 aliphatic carbocycles. The van der Waals surface area contributed by atoms with Crippen LogP contribution in [0.4, 0.5) is 0 Å². The SMILES string of the molecule is CCNC(=NCC1CN(CC(C)C)CCO1)NCCc1ccccc1. The number of hydrogen-bond acceptors (Lipinski definition) is 3. The predicted molar refractivity (Wildman–Crippen MR) is 105 cm³/mol. The summed E-state index contributed by atoms with van der Waals surface area (Å²) in [4.78, 5) is 7.21. The molecule has 1 heterocycles. The number of guanidine groups is 1.